The molecule has 2 atom stereocenters. The quantitative estimate of drug-likeness (QED) is 0.622. The van der Waals surface area contributed by atoms with Crippen molar-refractivity contribution in [3.63, 3.8) is 0 Å². The molecule has 2 aromatic carbocycles. The number of fused-ring (bicyclic) bond motifs is 3. The van der Waals surface area contributed by atoms with Gasteiger partial charge in [0.2, 0.25) is 5.91 Å². The number of carbonyl (C=O) groups excluding carboxylic acids is 2. The van der Waals surface area contributed by atoms with Gasteiger partial charge in [0.15, 0.2) is 0 Å². The predicted octanol–water partition coefficient (Wildman–Crippen LogP) is 4.26. The maximum absolute atomic E-state index is 12.6. The summed E-state index contributed by atoms with van der Waals surface area (Å²) >= 11 is 0. The Morgan fingerprint density at radius 3 is 2.26 bits per heavy atom. The van der Waals surface area contributed by atoms with E-state index in [4.69, 9.17) is 4.74 Å². The van der Waals surface area contributed by atoms with Gasteiger partial charge >= 0.3 is 12.1 Å². The van der Waals surface area contributed by atoms with Crippen molar-refractivity contribution in [2.75, 3.05) is 19.7 Å². The van der Waals surface area contributed by atoms with Gasteiger partial charge in [-0.05, 0) is 59.3 Å². The zero-order chi connectivity index (χ0) is 24.5. The number of carboxylic acids is 1. The molecule has 1 heterocycles. The zero-order valence-corrected chi connectivity index (χ0v) is 20.0. The fourth-order valence-electron chi connectivity index (χ4n) is 6.05. The Morgan fingerprint density at radius 2 is 1.63 bits per heavy atom. The Hall–Kier alpha value is -3.35. The first kappa shape index (κ1) is 23.4. The summed E-state index contributed by atoms with van der Waals surface area (Å²) in [5.41, 5.74) is 4.77. The number of carboxylic acid groups (broad SMARTS) is 1. The third-order valence-corrected chi connectivity index (χ3v) is 7.95. The van der Waals surface area contributed by atoms with Crippen LogP contribution >= 0.6 is 0 Å². The molecule has 2 fully saturated rings. The Labute approximate surface area is 205 Å². The molecule has 184 valence electrons. The average Bonchev–Trinajstić information content (AvgIpc) is 3.37. The van der Waals surface area contributed by atoms with Crippen LogP contribution in [-0.2, 0) is 14.3 Å². The minimum atomic E-state index is -0.915. The number of hydrogen-bond acceptors (Lipinski definition) is 4. The van der Waals surface area contributed by atoms with Crippen LogP contribution in [0.5, 0.6) is 0 Å². The first-order valence-corrected chi connectivity index (χ1v) is 12.5. The van der Waals surface area contributed by atoms with Gasteiger partial charge in [0.05, 0.1) is 0 Å². The predicted molar refractivity (Wildman–Crippen MR) is 131 cm³/mol. The summed E-state index contributed by atoms with van der Waals surface area (Å²) in [7, 11) is 0. The van der Waals surface area contributed by atoms with E-state index in [9.17, 15) is 19.5 Å². The molecule has 0 radical (unpaired) electrons. The summed E-state index contributed by atoms with van der Waals surface area (Å²) in [6, 6.07) is 15.8. The first-order chi connectivity index (χ1) is 16.9. The third-order valence-electron chi connectivity index (χ3n) is 7.95. The van der Waals surface area contributed by atoms with Gasteiger partial charge in [-0.15, -0.1) is 0 Å². The van der Waals surface area contributed by atoms with Crippen molar-refractivity contribution in [2.45, 2.75) is 44.6 Å². The van der Waals surface area contributed by atoms with Gasteiger partial charge in [0.25, 0.3) is 0 Å². The van der Waals surface area contributed by atoms with Crippen LogP contribution in [0.1, 0.15) is 49.7 Å². The van der Waals surface area contributed by atoms with E-state index in [1.54, 1.807) is 0 Å². The van der Waals surface area contributed by atoms with Gasteiger partial charge < -0.3 is 20.1 Å². The summed E-state index contributed by atoms with van der Waals surface area (Å²) in [5, 5.41) is 12.3. The molecule has 2 amide bonds. The van der Waals surface area contributed by atoms with E-state index in [1.807, 2.05) is 31.2 Å². The second-order valence-corrected chi connectivity index (χ2v) is 10.3. The molecule has 0 bridgehead atoms. The molecule has 7 nitrogen and oxygen atoms in total. The van der Waals surface area contributed by atoms with Gasteiger partial charge in [-0.25, -0.2) is 9.59 Å². The van der Waals surface area contributed by atoms with Gasteiger partial charge in [-0.2, -0.15) is 0 Å². The lowest BCUT2D eigenvalue weighted by atomic mass is 9.73. The molecular weight excluding hydrogens is 444 g/mol. The van der Waals surface area contributed by atoms with Gasteiger partial charge in [-0.3, -0.25) is 4.79 Å². The standard InChI is InChI=1S/C28H32N2O5/c1-17-10-11-30(26(17)27(32)33)25(31)14-18-12-19(13-18)15-29-28(34)35-16-24-22-8-4-2-6-20(22)21-7-3-5-9-23(21)24/h2-9,17-19,24,26H,10-16H2,1H3,(H,29,34)(H,32,33). The van der Waals surface area contributed by atoms with Crippen LogP contribution in [0, 0.1) is 17.8 Å². The molecule has 2 aliphatic carbocycles. The molecule has 3 aliphatic rings. The van der Waals surface area contributed by atoms with Crippen LogP contribution in [0.4, 0.5) is 4.79 Å². The Kier molecular flexibility index (Phi) is 6.50. The number of aliphatic carboxylic acids is 1. The van der Waals surface area contributed by atoms with Crippen molar-refractivity contribution in [3.8, 4) is 11.1 Å². The summed E-state index contributed by atoms with van der Waals surface area (Å²) in [5.74, 6) is -0.373. The second-order valence-electron chi connectivity index (χ2n) is 10.3. The van der Waals surface area contributed by atoms with Crippen LogP contribution in [0.15, 0.2) is 48.5 Å². The van der Waals surface area contributed by atoms with E-state index < -0.39 is 18.1 Å². The average molecular weight is 477 g/mol. The van der Waals surface area contributed by atoms with Crippen LogP contribution in [0.3, 0.4) is 0 Å². The maximum Gasteiger partial charge on any atom is 0.407 e. The maximum atomic E-state index is 12.6. The number of likely N-dealkylation sites (tertiary alicyclic amines) is 1. The highest BCUT2D eigenvalue weighted by atomic mass is 16.5. The number of rotatable bonds is 7. The fourth-order valence-corrected chi connectivity index (χ4v) is 6.05. The van der Waals surface area contributed by atoms with Crippen molar-refractivity contribution in [2.24, 2.45) is 17.8 Å². The van der Waals surface area contributed by atoms with Crippen molar-refractivity contribution < 1.29 is 24.2 Å². The molecule has 2 unspecified atom stereocenters. The summed E-state index contributed by atoms with van der Waals surface area (Å²) < 4.78 is 5.60. The smallest absolute Gasteiger partial charge is 0.407 e. The number of ether oxygens (including phenoxy) is 1. The largest absolute Gasteiger partial charge is 0.480 e. The number of hydrogen-bond donors (Lipinski definition) is 2. The highest BCUT2D eigenvalue weighted by molar-refractivity contribution is 5.84. The fraction of sp³-hybridized carbons (Fsp3) is 0.464. The summed E-state index contributed by atoms with van der Waals surface area (Å²) in [6.45, 7) is 3.23. The Balaban J connectivity index is 1.05. The lowest BCUT2D eigenvalue weighted by Crippen LogP contribution is -2.44. The molecule has 0 aromatic heterocycles. The normalized spacial score (nSPS) is 24.9. The van der Waals surface area contributed by atoms with E-state index in [1.165, 1.54) is 27.2 Å². The van der Waals surface area contributed by atoms with Crippen molar-refractivity contribution >= 4 is 18.0 Å². The molecule has 2 aromatic rings. The number of alkyl carbamates (subject to hydrolysis) is 1. The molecule has 5 rings (SSSR count). The molecule has 35 heavy (non-hydrogen) atoms. The number of carbonyl (C=O) groups is 3. The first-order valence-electron chi connectivity index (χ1n) is 12.5. The molecule has 1 saturated heterocycles. The second kappa shape index (κ2) is 9.72. The minimum absolute atomic E-state index is 0.00741. The number of nitrogens with one attached hydrogen (secondary N) is 1. The van der Waals surface area contributed by atoms with Crippen LogP contribution in [-0.4, -0.2) is 53.7 Å². The van der Waals surface area contributed by atoms with E-state index in [0.29, 0.717) is 32.0 Å². The lowest BCUT2D eigenvalue weighted by molar-refractivity contribution is -0.150. The van der Waals surface area contributed by atoms with Crippen LogP contribution < -0.4 is 5.32 Å². The van der Waals surface area contributed by atoms with E-state index in [0.717, 1.165) is 19.3 Å². The summed E-state index contributed by atoms with van der Waals surface area (Å²) in [6.07, 6.45) is 2.42. The minimum Gasteiger partial charge on any atom is -0.480 e. The lowest BCUT2D eigenvalue weighted by Gasteiger charge is -2.36. The molecule has 2 N–H and O–H groups in total. The van der Waals surface area contributed by atoms with Gasteiger partial charge in [-0.1, -0.05) is 55.5 Å². The molecule has 0 spiro atoms. The zero-order valence-electron chi connectivity index (χ0n) is 20.0. The third kappa shape index (κ3) is 4.64. The van der Waals surface area contributed by atoms with Crippen LogP contribution in [0.25, 0.3) is 11.1 Å². The highest BCUT2D eigenvalue weighted by Gasteiger charge is 2.41. The number of amides is 2. The Morgan fingerprint density at radius 1 is 1.00 bits per heavy atom. The topological polar surface area (TPSA) is 95.9 Å². The van der Waals surface area contributed by atoms with E-state index in [2.05, 4.69) is 29.6 Å². The SMILES string of the molecule is CC1CCN(C(=O)CC2CC(CNC(=O)OCC3c4ccccc4-c4ccccc43)C2)C1C(=O)O. The van der Waals surface area contributed by atoms with E-state index >= 15 is 0 Å². The van der Waals surface area contributed by atoms with Crippen molar-refractivity contribution in [1.29, 1.82) is 0 Å². The summed E-state index contributed by atoms with van der Waals surface area (Å²) in [4.78, 5) is 38.1. The van der Waals surface area contributed by atoms with Gasteiger partial charge in [0.1, 0.15) is 12.6 Å². The molecule has 1 saturated carbocycles. The highest BCUT2D eigenvalue weighted by Crippen LogP contribution is 2.44. The Bertz CT molecular complexity index is 1080. The molecule has 7 heteroatoms. The van der Waals surface area contributed by atoms with E-state index in [-0.39, 0.29) is 23.7 Å². The van der Waals surface area contributed by atoms with Crippen molar-refractivity contribution in [3.05, 3.63) is 59.7 Å². The van der Waals surface area contributed by atoms with Crippen molar-refractivity contribution in [1.82, 2.24) is 10.2 Å². The number of nitrogens with zero attached hydrogens (tertiary/aromatic N) is 1. The van der Waals surface area contributed by atoms with Gasteiger partial charge in [0, 0.05) is 25.4 Å². The molecular formula is C28H32N2O5. The number of benzene rings is 2. The monoisotopic (exact) mass is 476 g/mol. The molecule has 1 aliphatic heterocycles. The van der Waals surface area contributed by atoms with Crippen LogP contribution in [0.2, 0.25) is 0 Å².